The maximum atomic E-state index is 12.2. The number of imidazole rings is 1. The van der Waals surface area contributed by atoms with Crippen molar-refractivity contribution in [1.29, 1.82) is 0 Å². The molecule has 0 amide bonds. The molecule has 0 spiro atoms. The first-order valence-electron chi connectivity index (χ1n) is 6.99. The Balaban J connectivity index is 2.21. The summed E-state index contributed by atoms with van der Waals surface area (Å²) in [5.74, 6) is 0. The quantitative estimate of drug-likeness (QED) is 0.737. The van der Waals surface area contributed by atoms with Gasteiger partial charge in [0.1, 0.15) is 11.2 Å². The van der Waals surface area contributed by atoms with Crippen molar-refractivity contribution in [3.05, 3.63) is 40.2 Å². The van der Waals surface area contributed by atoms with Gasteiger partial charge in [0.05, 0.1) is 11.2 Å². The molecule has 1 N–H and O–H groups in total. The average Bonchev–Trinajstić information content (AvgIpc) is 3.08. The SMILES string of the molecule is CCCCCn1c(=O)[nH]c2ncc(Cl)c(-n3cccn3)c21. The fourth-order valence-corrected chi connectivity index (χ4v) is 2.66. The van der Waals surface area contributed by atoms with Crippen molar-refractivity contribution in [3.8, 4) is 5.69 Å². The third-order valence-electron chi connectivity index (χ3n) is 3.44. The van der Waals surface area contributed by atoms with Gasteiger partial charge in [-0.2, -0.15) is 5.10 Å². The van der Waals surface area contributed by atoms with E-state index in [0.29, 0.717) is 28.4 Å². The Morgan fingerprint density at radius 2 is 2.24 bits per heavy atom. The monoisotopic (exact) mass is 305 g/mol. The van der Waals surface area contributed by atoms with Crippen LogP contribution in [0, 0.1) is 0 Å². The lowest BCUT2D eigenvalue weighted by molar-refractivity contribution is 0.599. The molecule has 21 heavy (non-hydrogen) atoms. The van der Waals surface area contributed by atoms with Crippen molar-refractivity contribution in [2.24, 2.45) is 0 Å². The van der Waals surface area contributed by atoms with Crippen molar-refractivity contribution in [3.63, 3.8) is 0 Å². The number of nitrogens with one attached hydrogen (secondary N) is 1. The molecule has 0 saturated heterocycles. The summed E-state index contributed by atoms with van der Waals surface area (Å²) < 4.78 is 3.36. The zero-order valence-electron chi connectivity index (χ0n) is 11.7. The number of hydrogen-bond donors (Lipinski definition) is 1. The zero-order valence-corrected chi connectivity index (χ0v) is 12.5. The zero-order chi connectivity index (χ0) is 14.8. The standard InChI is InChI=1S/C14H16ClN5O/c1-2-3-4-7-19-12-11(20-8-5-6-17-20)10(15)9-16-13(12)18-14(19)21/h5-6,8-9H,2-4,7H2,1H3,(H,16,18,21). The van der Waals surface area contributed by atoms with Crippen molar-refractivity contribution in [1.82, 2.24) is 24.3 Å². The minimum absolute atomic E-state index is 0.163. The summed E-state index contributed by atoms with van der Waals surface area (Å²) in [5.41, 5.74) is 1.75. The Hall–Kier alpha value is -2.08. The van der Waals surface area contributed by atoms with Crippen LogP contribution in [0.1, 0.15) is 26.2 Å². The average molecular weight is 306 g/mol. The summed E-state index contributed by atoms with van der Waals surface area (Å²) in [6.07, 6.45) is 8.12. The number of hydrogen-bond acceptors (Lipinski definition) is 3. The van der Waals surface area contributed by atoms with Gasteiger partial charge in [-0.05, 0) is 12.5 Å². The highest BCUT2D eigenvalue weighted by molar-refractivity contribution is 6.33. The third kappa shape index (κ3) is 2.47. The molecule has 7 heteroatoms. The third-order valence-corrected chi connectivity index (χ3v) is 3.72. The van der Waals surface area contributed by atoms with Crippen LogP contribution in [-0.2, 0) is 6.54 Å². The van der Waals surface area contributed by atoms with E-state index in [9.17, 15) is 4.79 Å². The van der Waals surface area contributed by atoms with Gasteiger partial charge in [-0.15, -0.1) is 0 Å². The minimum Gasteiger partial charge on any atom is -0.290 e. The number of H-pyrrole nitrogens is 1. The van der Waals surface area contributed by atoms with Crippen molar-refractivity contribution < 1.29 is 0 Å². The van der Waals surface area contributed by atoms with Gasteiger partial charge in [-0.25, -0.2) is 14.5 Å². The van der Waals surface area contributed by atoms with Crippen molar-refractivity contribution in [2.75, 3.05) is 0 Å². The van der Waals surface area contributed by atoms with E-state index in [1.54, 1.807) is 21.6 Å². The second-order valence-corrected chi connectivity index (χ2v) is 5.30. The topological polar surface area (TPSA) is 68.5 Å². The molecule has 0 aliphatic heterocycles. The number of rotatable bonds is 5. The smallest absolute Gasteiger partial charge is 0.290 e. The van der Waals surface area contributed by atoms with Crippen LogP contribution in [-0.4, -0.2) is 24.3 Å². The number of aromatic nitrogens is 5. The van der Waals surface area contributed by atoms with Crippen molar-refractivity contribution >= 4 is 22.8 Å². The van der Waals surface area contributed by atoms with Crippen molar-refractivity contribution in [2.45, 2.75) is 32.7 Å². The molecule has 0 atom stereocenters. The number of nitrogens with zero attached hydrogens (tertiary/aromatic N) is 4. The van der Waals surface area contributed by atoms with Gasteiger partial charge in [-0.3, -0.25) is 9.55 Å². The summed E-state index contributed by atoms with van der Waals surface area (Å²) in [5, 5.41) is 4.69. The van der Waals surface area contributed by atoms with E-state index in [-0.39, 0.29) is 5.69 Å². The molecule has 3 aromatic heterocycles. The fraction of sp³-hybridized carbons (Fsp3) is 0.357. The van der Waals surface area contributed by atoms with Crippen LogP contribution in [0.4, 0.5) is 0 Å². The Labute approximate surface area is 126 Å². The second kappa shape index (κ2) is 5.73. The number of pyridine rings is 1. The van der Waals surface area contributed by atoms with E-state index in [1.807, 2.05) is 6.07 Å². The predicted molar refractivity (Wildman–Crippen MR) is 82.0 cm³/mol. The number of unbranched alkanes of at least 4 members (excludes halogenated alkanes) is 2. The molecule has 0 bridgehead atoms. The van der Waals surface area contributed by atoms with E-state index in [2.05, 4.69) is 22.0 Å². The summed E-state index contributed by atoms with van der Waals surface area (Å²) >= 11 is 6.28. The molecule has 0 aliphatic carbocycles. The highest BCUT2D eigenvalue weighted by atomic mass is 35.5. The maximum Gasteiger partial charge on any atom is 0.327 e. The lowest BCUT2D eigenvalue weighted by Gasteiger charge is -2.09. The molecule has 0 unspecified atom stereocenters. The molecular weight excluding hydrogens is 290 g/mol. The molecule has 0 saturated carbocycles. The van der Waals surface area contributed by atoms with E-state index >= 15 is 0 Å². The Morgan fingerprint density at radius 3 is 2.95 bits per heavy atom. The maximum absolute atomic E-state index is 12.2. The number of aromatic amines is 1. The summed E-state index contributed by atoms with van der Waals surface area (Å²) in [6.45, 7) is 2.77. The number of fused-ring (bicyclic) bond motifs is 1. The normalized spacial score (nSPS) is 11.3. The fourth-order valence-electron chi connectivity index (χ4n) is 2.44. The summed E-state index contributed by atoms with van der Waals surface area (Å²) in [7, 11) is 0. The first kappa shape index (κ1) is 13.9. The molecule has 0 aromatic carbocycles. The second-order valence-electron chi connectivity index (χ2n) is 4.89. The molecule has 6 nitrogen and oxygen atoms in total. The highest BCUT2D eigenvalue weighted by Crippen LogP contribution is 2.26. The van der Waals surface area contributed by atoms with Crippen LogP contribution in [0.5, 0.6) is 0 Å². The molecule has 3 aromatic rings. The number of aryl methyl sites for hydroxylation is 1. The first-order chi connectivity index (χ1) is 10.2. The molecule has 110 valence electrons. The van der Waals surface area contributed by atoms with E-state index < -0.39 is 0 Å². The van der Waals surface area contributed by atoms with Crippen LogP contribution < -0.4 is 5.69 Å². The van der Waals surface area contributed by atoms with E-state index in [4.69, 9.17) is 11.6 Å². The largest absolute Gasteiger partial charge is 0.327 e. The minimum atomic E-state index is -0.163. The lowest BCUT2D eigenvalue weighted by Crippen LogP contribution is -2.17. The van der Waals surface area contributed by atoms with E-state index in [0.717, 1.165) is 19.3 Å². The Bertz CT molecular complexity index is 803. The Kier molecular flexibility index (Phi) is 3.79. The molecular formula is C14H16ClN5O. The first-order valence-corrected chi connectivity index (χ1v) is 7.37. The van der Waals surface area contributed by atoms with Crippen LogP contribution in [0.15, 0.2) is 29.5 Å². The Morgan fingerprint density at radius 1 is 1.38 bits per heavy atom. The van der Waals surface area contributed by atoms with Crippen LogP contribution in [0.2, 0.25) is 5.02 Å². The van der Waals surface area contributed by atoms with Gasteiger partial charge in [0, 0.05) is 18.9 Å². The van der Waals surface area contributed by atoms with Crippen LogP contribution in [0.3, 0.4) is 0 Å². The lowest BCUT2D eigenvalue weighted by atomic mass is 10.2. The predicted octanol–water partition coefficient (Wildman–Crippen LogP) is 2.75. The summed E-state index contributed by atoms with van der Waals surface area (Å²) in [6, 6.07) is 1.81. The van der Waals surface area contributed by atoms with Gasteiger partial charge >= 0.3 is 5.69 Å². The molecule has 0 radical (unpaired) electrons. The molecule has 0 fully saturated rings. The number of halogens is 1. The van der Waals surface area contributed by atoms with Crippen LogP contribution in [0.25, 0.3) is 16.9 Å². The summed E-state index contributed by atoms with van der Waals surface area (Å²) in [4.78, 5) is 19.2. The van der Waals surface area contributed by atoms with Gasteiger partial charge in [0.25, 0.3) is 0 Å². The van der Waals surface area contributed by atoms with Crippen LogP contribution >= 0.6 is 11.6 Å². The van der Waals surface area contributed by atoms with Gasteiger partial charge in [0.15, 0.2) is 5.65 Å². The van der Waals surface area contributed by atoms with E-state index in [1.165, 1.54) is 6.20 Å². The van der Waals surface area contributed by atoms with Gasteiger partial charge in [-0.1, -0.05) is 31.4 Å². The molecule has 3 heterocycles. The van der Waals surface area contributed by atoms with Gasteiger partial charge in [0.2, 0.25) is 0 Å². The highest BCUT2D eigenvalue weighted by Gasteiger charge is 2.16. The molecule has 0 aliphatic rings. The van der Waals surface area contributed by atoms with Gasteiger partial charge < -0.3 is 0 Å². The molecule has 3 rings (SSSR count).